The number of carbonyl (C=O) groups excluding carboxylic acids is 4. The highest BCUT2D eigenvalue weighted by Gasteiger charge is 2.42. The van der Waals surface area contributed by atoms with Crippen LogP contribution in [0.3, 0.4) is 0 Å². The van der Waals surface area contributed by atoms with Gasteiger partial charge in [-0.25, -0.2) is 4.79 Å². The molecule has 2 heterocycles. The molecule has 0 radical (unpaired) electrons. The van der Waals surface area contributed by atoms with Crippen LogP contribution >= 0.6 is 11.8 Å². The first-order valence-corrected chi connectivity index (χ1v) is 11.7. The number of rotatable bonds is 14. The lowest BCUT2D eigenvalue weighted by Crippen LogP contribution is -2.47. The first-order valence-electron chi connectivity index (χ1n) is 10.6. The Labute approximate surface area is 190 Å². The zero-order chi connectivity index (χ0) is 23.7. The van der Waals surface area contributed by atoms with E-state index in [-0.39, 0.29) is 50.1 Å². The second kappa shape index (κ2) is 12.8. The smallest absolute Gasteiger partial charge is 0.536 e. The molecule has 32 heavy (non-hydrogen) atoms. The van der Waals surface area contributed by atoms with Gasteiger partial charge in [0.1, 0.15) is 6.61 Å². The van der Waals surface area contributed by atoms with Crippen molar-refractivity contribution in [2.45, 2.75) is 68.2 Å². The Morgan fingerprint density at radius 1 is 1.28 bits per heavy atom. The summed E-state index contributed by atoms with van der Waals surface area (Å²) in [6.45, 7) is -0.363. The third-order valence-corrected chi connectivity index (χ3v) is 6.91. The average Bonchev–Trinajstić information content (AvgIpc) is 3.28. The van der Waals surface area contributed by atoms with Gasteiger partial charge in [-0.3, -0.25) is 14.9 Å². The number of esters is 1. The number of hydrogen-bond acceptors (Lipinski definition) is 9. The number of fused-ring (bicyclic) bond motifs is 1. The largest absolute Gasteiger partial charge is 0.563 e. The molecular formula is C19H33N4O8S+. The van der Waals surface area contributed by atoms with Gasteiger partial charge in [-0.15, -0.1) is 0 Å². The summed E-state index contributed by atoms with van der Waals surface area (Å²) in [5, 5.41) is 33.7. The molecule has 2 aliphatic heterocycles. The van der Waals surface area contributed by atoms with Crippen LogP contribution in [0.4, 0.5) is 4.79 Å². The highest BCUT2D eigenvalue weighted by molar-refractivity contribution is 8.00. The number of amides is 3. The molecule has 2 fully saturated rings. The van der Waals surface area contributed by atoms with Crippen LogP contribution in [0.5, 0.6) is 0 Å². The van der Waals surface area contributed by atoms with Gasteiger partial charge in [-0.05, 0) is 12.8 Å². The molecule has 2 aliphatic rings. The van der Waals surface area contributed by atoms with Crippen molar-refractivity contribution in [2.24, 2.45) is 0 Å². The van der Waals surface area contributed by atoms with Gasteiger partial charge in [0.25, 0.3) is 0 Å². The highest BCUT2D eigenvalue weighted by Crippen LogP contribution is 2.33. The molecule has 0 bridgehead atoms. The minimum Gasteiger partial charge on any atom is -0.563 e. The number of thioether (sulfide) groups is 1. The maximum Gasteiger partial charge on any atom is 0.536 e. The van der Waals surface area contributed by atoms with Crippen molar-refractivity contribution >= 4 is 35.6 Å². The van der Waals surface area contributed by atoms with E-state index in [2.05, 4.69) is 16.0 Å². The van der Waals surface area contributed by atoms with E-state index in [0.29, 0.717) is 18.1 Å². The van der Waals surface area contributed by atoms with Crippen LogP contribution in [0.15, 0.2) is 0 Å². The van der Waals surface area contributed by atoms with Crippen LogP contribution in [0, 0.1) is 0 Å². The van der Waals surface area contributed by atoms with Crippen LogP contribution in [0.25, 0.3) is 0 Å². The quantitative estimate of drug-likeness (QED) is 0.0620. The Morgan fingerprint density at radius 2 is 2.03 bits per heavy atom. The Bertz CT molecular complexity index is 680. The number of urea groups is 1. The lowest BCUT2D eigenvalue weighted by atomic mass is 10.0. The van der Waals surface area contributed by atoms with Crippen molar-refractivity contribution < 1.29 is 39.2 Å². The molecule has 4 unspecified atom stereocenters. The van der Waals surface area contributed by atoms with Gasteiger partial charge in [0.05, 0.1) is 25.2 Å². The van der Waals surface area contributed by atoms with Crippen LogP contribution in [-0.4, -0.2) is 99.8 Å². The minimum atomic E-state index is -1.62. The van der Waals surface area contributed by atoms with Gasteiger partial charge >= 0.3 is 18.0 Å². The van der Waals surface area contributed by atoms with E-state index in [9.17, 15) is 19.2 Å². The zero-order valence-electron chi connectivity index (χ0n) is 18.0. The Morgan fingerprint density at radius 3 is 2.72 bits per heavy atom. The maximum atomic E-state index is 12.3. The second-order valence-electron chi connectivity index (χ2n) is 7.94. The standard InChI is InChI=1S/C19H32N4O8S/c1-23(10-20-11(18(28)29)8-31-16(27)7-6-15(25)26)14(24)5-3-2-4-13-17-12(9-32-13)21-19(30)22-17/h11-13,15,17,20,25-26H,2-10H2,1H3,(H,28,29)(H2,21,22,30)/p+1. The van der Waals surface area contributed by atoms with Crippen molar-refractivity contribution in [3.8, 4) is 0 Å². The molecule has 3 amide bonds. The van der Waals surface area contributed by atoms with Crippen LogP contribution in [0.1, 0.15) is 38.5 Å². The van der Waals surface area contributed by atoms with Gasteiger partial charge in [-0.1, -0.05) is 6.42 Å². The second-order valence-corrected chi connectivity index (χ2v) is 9.21. The normalized spacial score (nSPS) is 22.8. The summed E-state index contributed by atoms with van der Waals surface area (Å²) < 4.78 is 4.87. The van der Waals surface area contributed by atoms with E-state index >= 15 is 0 Å². The minimum absolute atomic E-state index is 0.0148. The topological polar surface area (TPSA) is 180 Å². The Kier molecular flexibility index (Phi) is 10.5. The van der Waals surface area contributed by atoms with Crippen LogP contribution < -0.4 is 16.0 Å². The maximum absolute atomic E-state index is 12.3. The number of nitrogens with one attached hydrogen (secondary N) is 3. The average molecular weight is 478 g/mol. The summed E-state index contributed by atoms with van der Waals surface area (Å²) in [6.07, 6.45) is 0.782. The van der Waals surface area contributed by atoms with Gasteiger partial charge < -0.3 is 35.6 Å². The van der Waals surface area contributed by atoms with Gasteiger partial charge in [0.2, 0.25) is 11.9 Å². The zero-order valence-corrected chi connectivity index (χ0v) is 18.9. The molecular weight excluding hydrogens is 444 g/mol. The SMILES string of the molecule is CN(CNC(COC(=O)CCC(O)O)C(=O)[OH2+])C(=O)CCCCC1SCC2NC(=O)NC21. The molecule has 0 saturated carbocycles. The van der Waals surface area contributed by atoms with Gasteiger partial charge in [0.15, 0.2) is 6.29 Å². The van der Waals surface area contributed by atoms with Crippen molar-refractivity contribution in [2.75, 3.05) is 26.1 Å². The lowest BCUT2D eigenvalue weighted by molar-refractivity contribution is -0.151. The summed E-state index contributed by atoms with van der Waals surface area (Å²) in [5.41, 5.74) is 0. The third kappa shape index (κ3) is 8.45. The fourth-order valence-corrected chi connectivity index (χ4v) is 5.06. The fraction of sp³-hybridized carbons (Fsp3) is 0.789. The summed E-state index contributed by atoms with van der Waals surface area (Å²) >= 11 is 1.83. The predicted octanol–water partition coefficient (Wildman–Crippen LogP) is -2.03. The third-order valence-electron chi connectivity index (χ3n) is 5.40. The van der Waals surface area contributed by atoms with Crippen molar-refractivity contribution in [3.05, 3.63) is 0 Å². The first-order chi connectivity index (χ1) is 15.2. The van der Waals surface area contributed by atoms with E-state index in [1.165, 1.54) is 4.90 Å². The van der Waals surface area contributed by atoms with Crippen molar-refractivity contribution in [1.82, 2.24) is 20.9 Å². The van der Waals surface area contributed by atoms with Gasteiger partial charge in [0, 0.05) is 35.7 Å². The number of unbranched alkanes of at least 4 members (excludes halogenated alkanes) is 1. The molecule has 182 valence electrons. The van der Waals surface area contributed by atoms with Crippen molar-refractivity contribution in [1.29, 1.82) is 0 Å². The number of ether oxygens (including phenoxy) is 1. The van der Waals surface area contributed by atoms with E-state index < -0.39 is 24.3 Å². The molecule has 12 nitrogen and oxygen atoms in total. The molecule has 2 rings (SSSR count). The number of aliphatic hydroxyl groups is 2. The number of aliphatic hydroxyl groups excluding tert-OH is 1. The molecule has 0 aromatic heterocycles. The number of hydrogen-bond donors (Lipinski definition) is 5. The van der Waals surface area contributed by atoms with E-state index in [1.807, 2.05) is 11.8 Å². The molecule has 0 aromatic rings. The van der Waals surface area contributed by atoms with Crippen molar-refractivity contribution in [3.63, 3.8) is 0 Å². The molecule has 0 aromatic carbocycles. The number of nitrogens with zero attached hydrogens (tertiary/aromatic N) is 1. The lowest BCUT2D eigenvalue weighted by Gasteiger charge is -2.20. The summed E-state index contributed by atoms with van der Waals surface area (Å²) in [4.78, 5) is 48.1. The molecule has 13 heteroatoms. The summed E-state index contributed by atoms with van der Waals surface area (Å²) in [5.74, 6) is -0.914. The Balaban J connectivity index is 1.61. The van der Waals surface area contributed by atoms with E-state index in [1.54, 1.807) is 7.05 Å². The molecule has 7 N–H and O–H groups in total. The monoisotopic (exact) mass is 477 g/mol. The Hall–Kier alpha value is -2.09. The highest BCUT2D eigenvalue weighted by atomic mass is 32.2. The van der Waals surface area contributed by atoms with Crippen LogP contribution in [-0.2, 0) is 19.1 Å². The van der Waals surface area contributed by atoms with E-state index in [4.69, 9.17) is 20.1 Å². The van der Waals surface area contributed by atoms with E-state index in [0.717, 1.165) is 18.6 Å². The molecule has 4 atom stereocenters. The molecule has 0 aliphatic carbocycles. The first kappa shape index (κ1) is 26.2. The number of carbonyl (C=O) groups is 4. The summed E-state index contributed by atoms with van der Waals surface area (Å²) in [6, 6.07) is -0.865. The van der Waals surface area contributed by atoms with Gasteiger partial charge in [-0.2, -0.15) is 11.8 Å². The molecule has 2 saturated heterocycles. The summed E-state index contributed by atoms with van der Waals surface area (Å²) in [7, 11) is 1.58. The van der Waals surface area contributed by atoms with Crippen LogP contribution in [0.2, 0.25) is 0 Å². The molecule has 0 spiro atoms. The fourth-order valence-electron chi connectivity index (χ4n) is 3.51. The predicted molar refractivity (Wildman–Crippen MR) is 116 cm³/mol.